The molecule has 3 nitrogen and oxygen atoms in total. The fourth-order valence-corrected chi connectivity index (χ4v) is 74.7. The van der Waals surface area contributed by atoms with Gasteiger partial charge < -0.3 is 0 Å². The predicted octanol–water partition coefficient (Wildman–Crippen LogP) is 10.3. The van der Waals surface area contributed by atoms with E-state index in [0.717, 1.165) is 6.61 Å². The normalized spacial score (nSPS) is 12.3. The van der Waals surface area contributed by atoms with Crippen molar-refractivity contribution in [2.45, 2.75) is 145 Å². The molecule has 0 aliphatic carbocycles. The van der Waals surface area contributed by atoms with Crippen molar-refractivity contribution in [2.24, 2.45) is 0 Å². The number of ether oxygens (including phenoxy) is 3. The quantitative estimate of drug-likeness (QED) is 0.0480. The second-order valence-corrected chi connectivity index (χ2v) is 41.5. The van der Waals surface area contributed by atoms with Gasteiger partial charge in [-0.3, -0.25) is 0 Å². The summed E-state index contributed by atoms with van der Waals surface area (Å²) < 4.78 is 28.8. The van der Waals surface area contributed by atoms with Gasteiger partial charge in [0.1, 0.15) is 0 Å². The Bertz CT molecular complexity index is 433. The second-order valence-electron chi connectivity index (χ2n) is 11.2. The Kier molecular flexibility index (Phi) is 26.1. The maximum atomic E-state index is 6.14. The van der Waals surface area contributed by atoms with Crippen LogP contribution in [0.2, 0.25) is 26.6 Å². The van der Waals surface area contributed by atoms with E-state index >= 15 is 0 Å². The van der Waals surface area contributed by atoms with Gasteiger partial charge in [-0.15, -0.1) is 0 Å². The molecule has 216 valence electrons. The monoisotopic (exact) mass is 726 g/mol. The molecule has 0 heterocycles. The van der Waals surface area contributed by atoms with E-state index in [2.05, 4.69) is 49.2 Å². The molecule has 0 fully saturated rings. The van der Waals surface area contributed by atoms with Crippen LogP contribution in [-0.4, -0.2) is 70.5 Å². The summed E-state index contributed by atoms with van der Waals surface area (Å²) in [4.78, 5) is 0. The molecule has 5 heteroatoms. The molecule has 0 aromatic carbocycles. The summed E-state index contributed by atoms with van der Waals surface area (Å²) in [5.74, 6) is 0. The molecular weight excluding hydrogens is 658 g/mol. The van der Waals surface area contributed by atoms with E-state index in [4.69, 9.17) is 14.2 Å². The van der Waals surface area contributed by atoms with Crippen LogP contribution in [0.15, 0.2) is 7.68 Å². The van der Waals surface area contributed by atoms with Crippen molar-refractivity contribution in [3.8, 4) is 0 Å². The first-order valence-corrected chi connectivity index (χ1v) is 30.9. The van der Waals surface area contributed by atoms with Crippen molar-refractivity contribution in [2.75, 3.05) is 33.7 Å². The molecule has 36 heavy (non-hydrogen) atoms. The van der Waals surface area contributed by atoms with E-state index in [1.807, 2.05) is 0 Å². The molecule has 0 aliphatic rings. The van der Waals surface area contributed by atoms with Crippen LogP contribution in [0.3, 0.4) is 0 Å². The van der Waals surface area contributed by atoms with Crippen LogP contribution in [0.5, 0.6) is 0 Å². The van der Waals surface area contributed by atoms with E-state index in [1.165, 1.54) is 77.0 Å². The van der Waals surface area contributed by atoms with Crippen molar-refractivity contribution in [1.82, 2.24) is 0 Å². The van der Waals surface area contributed by atoms with Gasteiger partial charge in [-0.25, -0.2) is 0 Å². The Labute approximate surface area is 236 Å². The molecular formula is C31H66O3Sn2. The van der Waals surface area contributed by atoms with Crippen LogP contribution in [-0.2, 0) is 14.2 Å². The van der Waals surface area contributed by atoms with E-state index < -0.39 is 36.8 Å². The Morgan fingerprint density at radius 2 is 0.889 bits per heavy atom. The fourth-order valence-electron chi connectivity index (χ4n) is 6.09. The van der Waals surface area contributed by atoms with Crippen molar-refractivity contribution < 1.29 is 14.2 Å². The number of hydrogen-bond donors (Lipinski definition) is 0. The zero-order valence-corrected chi connectivity index (χ0v) is 31.6. The van der Waals surface area contributed by atoms with E-state index in [1.54, 1.807) is 33.7 Å². The van der Waals surface area contributed by atoms with Gasteiger partial charge >= 0.3 is 238 Å². The molecule has 0 spiro atoms. The molecule has 0 aliphatic heterocycles. The van der Waals surface area contributed by atoms with Crippen LogP contribution >= 0.6 is 0 Å². The van der Waals surface area contributed by atoms with Crippen LogP contribution < -0.4 is 0 Å². The molecule has 0 amide bonds. The molecule has 0 radical (unpaired) electrons. The summed E-state index contributed by atoms with van der Waals surface area (Å²) in [6.45, 7) is 16.9. The molecule has 0 rings (SSSR count). The van der Waals surface area contributed by atoms with Crippen molar-refractivity contribution in [3.05, 3.63) is 7.68 Å². The summed E-state index contributed by atoms with van der Waals surface area (Å²) in [6.07, 6.45) is 19.6. The van der Waals surface area contributed by atoms with E-state index in [-0.39, 0.29) is 0 Å². The van der Waals surface area contributed by atoms with Crippen molar-refractivity contribution >= 4 is 36.8 Å². The molecule has 0 unspecified atom stereocenters. The Morgan fingerprint density at radius 1 is 0.528 bits per heavy atom. The first-order valence-electron chi connectivity index (χ1n) is 15.9. The molecule has 0 N–H and O–H groups in total. The van der Waals surface area contributed by atoms with Gasteiger partial charge in [0.2, 0.25) is 0 Å². The summed E-state index contributed by atoms with van der Waals surface area (Å²) >= 11 is -5.08. The number of hydrogen-bond acceptors (Lipinski definition) is 3. The van der Waals surface area contributed by atoms with Crippen LogP contribution in [0.4, 0.5) is 0 Å². The van der Waals surface area contributed by atoms with Crippen LogP contribution in [0.1, 0.15) is 119 Å². The third kappa shape index (κ3) is 15.1. The minimum atomic E-state index is -2.54. The van der Waals surface area contributed by atoms with Crippen molar-refractivity contribution in [3.63, 3.8) is 0 Å². The topological polar surface area (TPSA) is 27.7 Å². The average Bonchev–Trinajstić information content (AvgIpc) is 2.90. The van der Waals surface area contributed by atoms with Gasteiger partial charge in [0, 0.05) is 0 Å². The predicted molar refractivity (Wildman–Crippen MR) is 167 cm³/mol. The van der Waals surface area contributed by atoms with E-state index in [9.17, 15) is 0 Å². The van der Waals surface area contributed by atoms with E-state index in [0.29, 0.717) is 20.0 Å². The van der Waals surface area contributed by atoms with Crippen LogP contribution in [0.25, 0.3) is 0 Å². The summed E-state index contributed by atoms with van der Waals surface area (Å²) in [5.41, 5.74) is 0. The zero-order chi connectivity index (χ0) is 27.0. The number of methoxy groups -OCH3 is 1. The maximum absolute atomic E-state index is 6.14. The SMILES string of the molecule is CCC[CH2][Sn]([CH2]CCC)([CH2]CCC)[C](=CCOCOCCOC)[Sn]([CH2]CCC)([CH2]CCC)[CH2]CCC. The molecule has 0 atom stereocenters. The van der Waals surface area contributed by atoms with Gasteiger partial charge in [0.25, 0.3) is 0 Å². The molecule has 0 bridgehead atoms. The van der Waals surface area contributed by atoms with Gasteiger partial charge in [-0.2, -0.15) is 0 Å². The summed E-state index contributed by atoms with van der Waals surface area (Å²) in [6, 6.07) is 0. The average molecular weight is 724 g/mol. The Morgan fingerprint density at radius 3 is 1.19 bits per heavy atom. The molecule has 0 saturated carbocycles. The standard InChI is InChI=1S/C7H12O3.6C4H9.2Sn/c1-3-4-9-7-10-6-5-8-2;6*1-3-4-2;;/h3H,4-7H2,2H3;6*1,3-4H2,2H3;;. The van der Waals surface area contributed by atoms with Gasteiger partial charge in [0.05, 0.1) is 0 Å². The molecule has 0 saturated heterocycles. The van der Waals surface area contributed by atoms with Crippen molar-refractivity contribution in [1.29, 1.82) is 0 Å². The number of unbranched alkanes of at least 4 members (excludes halogenated alkanes) is 6. The molecule has 0 aromatic heterocycles. The third-order valence-corrected chi connectivity index (χ3v) is 58.6. The fraction of sp³-hybridized carbons (Fsp3) is 0.935. The van der Waals surface area contributed by atoms with Crippen LogP contribution in [0, 0.1) is 0 Å². The third-order valence-electron chi connectivity index (χ3n) is 8.20. The van der Waals surface area contributed by atoms with Gasteiger partial charge in [0.15, 0.2) is 0 Å². The Balaban J connectivity index is 6.54. The number of rotatable bonds is 27. The minimum absolute atomic E-state index is 0.399. The summed E-state index contributed by atoms with van der Waals surface area (Å²) in [7, 11) is 1.73. The second kappa shape index (κ2) is 25.2. The zero-order valence-electron chi connectivity index (χ0n) is 25.9. The summed E-state index contributed by atoms with van der Waals surface area (Å²) in [5, 5.41) is 0. The van der Waals surface area contributed by atoms with Gasteiger partial charge in [-0.05, 0) is 0 Å². The molecule has 0 aromatic rings. The van der Waals surface area contributed by atoms with Gasteiger partial charge in [-0.1, -0.05) is 0 Å². The first kappa shape index (κ1) is 37.2. The Hall–Kier alpha value is 1.22. The first-order chi connectivity index (χ1) is 17.6.